The number of hydrogen-bond donors (Lipinski definition) is 11. The first-order valence-electron chi connectivity index (χ1n) is 29.6. The molecule has 0 aliphatic carbocycles. The average Bonchev–Trinajstić information content (AvgIpc) is 0.743. The topological polar surface area (TPSA) is 576 Å². The van der Waals surface area contributed by atoms with Crippen LogP contribution >= 0.6 is 0 Å². The third-order valence-corrected chi connectivity index (χ3v) is 14.4. The van der Waals surface area contributed by atoms with Crippen LogP contribution < -0.4 is 0 Å². The number of carbonyl (C=O) groups is 18. The number of benzene rings is 3. The molecule has 0 aliphatic rings. The molecule has 3 aromatic carbocycles. The van der Waals surface area contributed by atoms with Crippen molar-refractivity contribution in [3.63, 3.8) is 0 Å². The van der Waals surface area contributed by atoms with Crippen molar-refractivity contribution in [2.24, 2.45) is 17.8 Å². The number of aromatic carboxylic acids is 11. The third-order valence-electron chi connectivity index (χ3n) is 14.4. The Labute approximate surface area is 547 Å². The molecule has 0 aliphatic heterocycles. The van der Waals surface area contributed by atoms with Crippen molar-refractivity contribution in [2.75, 3.05) is 19.8 Å². The highest BCUT2D eigenvalue weighted by Crippen LogP contribution is 2.37. The maximum atomic E-state index is 15.4. The second kappa shape index (κ2) is 35.7. The van der Waals surface area contributed by atoms with Crippen LogP contribution in [0, 0.1) is 17.8 Å². The van der Waals surface area contributed by atoms with E-state index in [0.717, 1.165) is 12.8 Å². The van der Waals surface area contributed by atoms with Crippen LogP contribution in [-0.4, -0.2) is 183 Å². The summed E-state index contributed by atoms with van der Waals surface area (Å²) in [6, 6.07) is 0. The van der Waals surface area contributed by atoms with Crippen LogP contribution in [-0.2, 0) is 23.7 Å². The summed E-state index contributed by atoms with van der Waals surface area (Å²) in [4.78, 5) is 246. The molecule has 34 nitrogen and oxygen atoms in total. The van der Waals surface area contributed by atoms with Crippen LogP contribution in [0.5, 0.6) is 0 Å². The quantitative estimate of drug-likeness (QED) is 0.0110. The largest absolute Gasteiger partial charge is 0.478 e. The van der Waals surface area contributed by atoms with Gasteiger partial charge >= 0.3 is 107 Å². The zero-order valence-electron chi connectivity index (χ0n) is 52.8. The summed E-state index contributed by atoms with van der Waals surface area (Å²) in [6.07, 6.45) is 5.78. The number of carbonyl (C=O) groups excluding carboxylic acids is 7. The fraction of sp³-hybridized carbons (Fsp3) is 0.429. The lowest BCUT2D eigenvalue weighted by atomic mass is 9.85. The number of hydrogen-bond acceptors (Lipinski definition) is 23. The van der Waals surface area contributed by atoms with Crippen molar-refractivity contribution < 1.29 is 166 Å². The Morgan fingerprint density at radius 2 is 0.340 bits per heavy atom. The maximum Gasteiger partial charge on any atom is 0.347 e. The Bertz CT molecular complexity index is 3660. The SMILES string of the molecule is CC(C)CCCCCCOC(=O)c1c(C(=O)O)c(C(=O)OC(=O)c2c(C(=O)O)c(C(=O)O)c(C(=O)O)c(C(=O)O)c2C(=O)O)c(C(=O)OC(=O)c2c(C(=O)O)c(C(=O)O)c(C(=O)O)c(C(=O)O)c2C(=O)O)c(C(=O)OCCCCCCC(C)C)c1C(=O)OCCCCCCC(C)C. The number of carboxylic acid groups (broad SMARTS) is 11. The lowest BCUT2D eigenvalue weighted by Gasteiger charge is -2.22. The molecular weight excluding hydrogens is 1300 g/mol. The molecule has 0 bridgehead atoms. The molecule has 0 radical (unpaired) electrons. The van der Waals surface area contributed by atoms with Gasteiger partial charge in [-0.3, -0.25) is 0 Å². The predicted octanol–water partition coefficient (Wildman–Crippen LogP) is 8.65. The van der Waals surface area contributed by atoms with Gasteiger partial charge in [-0.25, -0.2) is 86.3 Å². The summed E-state index contributed by atoms with van der Waals surface area (Å²) in [5, 5.41) is 113. The standard InChI is InChI=1S/C63H68O34/c1-25(2)19-13-7-10-16-22-93-57(86)41-38(56(84)85)42(62(91)96-60(89)39-34(52(76)77)30(48(68)69)28(46(64)65)31(49(70)71)35(39)53(78)79)45(44(59(88)95-24-18-12-9-15-21-27(5)6)43(41)58(87)94-23-17-11-8-14-20-26(3)4)63(92)97-61(90)40-36(54(80)81)32(50(72)73)29(47(66)67)33(51(74)75)37(40)55(82)83/h25-27H,7-24H2,1-6H3,(H,64,65)(H,66,67)(H,68,69)(H,70,71)(H,72,73)(H,74,75)(H,76,77)(H,78,79)(H,80,81)(H,82,83)(H,84,85). The van der Waals surface area contributed by atoms with E-state index in [1.807, 2.05) is 41.5 Å². The minimum Gasteiger partial charge on any atom is -0.478 e. The second-order valence-corrected chi connectivity index (χ2v) is 22.7. The number of rotatable bonds is 39. The first-order valence-corrected chi connectivity index (χ1v) is 29.6. The molecule has 3 rings (SSSR count). The van der Waals surface area contributed by atoms with Gasteiger partial charge in [0.05, 0.1) is 120 Å². The molecule has 97 heavy (non-hydrogen) atoms. The van der Waals surface area contributed by atoms with E-state index >= 15 is 14.4 Å². The van der Waals surface area contributed by atoms with Crippen LogP contribution in [0.3, 0.4) is 0 Å². The van der Waals surface area contributed by atoms with Crippen molar-refractivity contribution in [3.05, 3.63) is 100 Å². The lowest BCUT2D eigenvalue weighted by molar-refractivity contribution is 0.0339. The van der Waals surface area contributed by atoms with Crippen LogP contribution in [0.25, 0.3) is 0 Å². The van der Waals surface area contributed by atoms with Gasteiger partial charge in [0.2, 0.25) is 0 Å². The molecule has 0 heterocycles. The Morgan fingerprint density at radius 3 is 0.526 bits per heavy atom. The first-order chi connectivity index (χ1) is 45.3. The van der Waals surface area contributed by atoms with E-state index in [0.29, 0.717) is 44.9 Å². The van der Waals surface area contributed by atoms with E-state index in [1.165, 1.54) is 0 Å². The normalized spacial score (nSPS) is 10.9. The average molecular weight is 1370 g/mol. The summed E-state index contributed by atoms with van der Waals surface area (Å²) in [6.45, 7) is 9.18. The lowest BCUT2D eigenvalue weighted by Crippen LogP contribution is -2.33. The minimum atomic E-state index is -2.99. The van der Waals surface area contributed by atoms with Crippen LogP contribution in [0.4, 0.5) is 0 Å². The smallest absolute Gasteiger partial charge is 0.347 e. The van der Waals surface area contributed by atoms with Crippen molar-refractivity contribution >= 4 is 107 Å². The van der Waals surface area contributed by atoms with Crippen LogP contribution in [0.2, 0.25) is 0 Å². The molecule has 0 amide bonds. The summed E-state index contributed by atoms with van der Waals surface area (Å²) < 4.78 is 25.7. The van der Waals surface area contributed by atoms with Gasteiger partial charge in [-0.1, -0.05) is 119 Å². The highest BCUT2D eigenvalue weighted by atomic mass is 16.6. The fourth-order valence-electron chi connectivity index (χ4n) is 10.1. The molecule has 0 unspecified atom stereocenters. The van der Waals surface area contributed by atoms with Crippen molar-refractivity contribution in [1.82, 2.24) is 0 Å². The van der Waals surface area contributed by atoms with E-state index in [1.54, 1.807) is 0 Å². The number of ether oxygens (including phenoxy) is 5. The van der Waals surface area contributed by atoms with E-state index < -0.39 is 227 Å². The van der Waals surface area contributed by atoms with Gasteiger partial charge in [0.25, 0.3) is 0 Å². The van der Waals surface area contributed by atoms with Gasteiger partial charge in [0, 0.05) is 0 Å². The summed E-state index contributed by atoms with van der Waals surface area (Å²) in [7, 11) is 0. The van der Waals surface area contributed by atoms with Gasteiger partial charge in [-0.15, -0.1) is 0 Å². The number of unbranched alkanes of at least 4 members (excludes halogenated alkanes) is 9. The molecule has 0 saturated heterocycles. The molecular formula is C63H68O34. The van der Waals surface area contributed by atoms with Gasteiger partial charge < -0.3 is 79.9 Å². The molecule has 0 aromatic heterocycles. The summed E-state index contributed by atoms with van der Waals surface area (Å²) >= 11 is 0. The van der Waals surface area contributed by atoms with Crippen LogP contribution in [0.1, 0.15) is 324 Å². The zero-order valence-corrected chi connectivity index (χ0v) is 52.8. The Morgan fingerprint density at radius 1 is 0.206 bits per heavy atom. The maximum absolute atomic E-state index is 15.4. The molecule has 0 fully saturated rings. The first kappa shape index (κ1) is 79.8. The van der Waals surface area contributed by atoms with Crippen LogP contribution in [0.15, 0.2) is 0 Å². The highest BCUT2D eigenvalue weighted by molar-refractivity contribution is 6.29. The number of carboxylic acids is 11. The second-order valence-electron chi connectivity index (χ2n) is 22.7. The van der Waals surface area contributed by atoms with Gasteiger partial charge in [-0.05, 0) is 37.0 Å². The van der Waals surface area contributed by atoms with E-state index in [2.05, 4.69) is 0 Å². The molecule has 524 valence electrons. The number of esters is 7. The predicted molar refractivity (Wildman–Crippen MR) is 320 cm³/mol. The Kier molecular flexibility index (Phi) is 29.3. The summed E-state index contributed by atoms with van der Waals surface area (Å²) in [5.74, 6) is -47.9. The van der Waals surface area contributed by atoms with Crippen molar-refractivity contribution in [3.8, 4) is 0 Å². The molecule has 0 atom stereocenters. The highest BCUT2D eigenvalue weighted by Gasteiger charge is 2.48. The molecule has 34 heteroatoms. The molecule has 11 N–H and O–H groups in total. The minimum absolute atomic E-state index is 0.0782. The monoisotopic (exact) mass is 1370 g/mol. The van der Waals surface area contributed by atoms with E-state index in [-0.39, 0.29) is 56.3 Å². The molecule has 3 aromatic rings. The summed E-state index contributed by atoms with van der Waals surface area (Å²) in [5.41, 5.74) is -39.9. The third kappa shape index (κ3) is 19.8. The van der Waals surface area contributed by atoms with Gasteiger partial charge in [0.15, 0.2) is 0 Å². The Hall–Kier alpha value is -11.5. The zero-order chi connectivity index (χ0) is 73.8. The Balaban J connectivity index is 2.90. The van der Waals surface area contributed by atoms with E-state index in [9.17, 15) is 128 Å². The van der Waals surface area contributed by atoms with Gasteiger partial charge in [-0.2, -0.15) is 0 Å². The van der Waals surface area contributed by atoms with Crippen molar-refractivity contribution in [1.29, 1.82) is 0 Å². The molecule has 0 spiro atoms. The molecule has 0 saturated carbocycles. The fourth-order valence-corrected chi connectivity index (χ4v) is 10.1. The van der Waals surface area contributed by atoms with Crippen molar-refractivity contribution in [2.45, 2.75) is 138 Å². The van der Waals surface area contributed by atoms with E-state index in [4.69, 9.17) is 23.7 Å². The van der Waals surface area contributed by atoms with Gasteiger partial charge in [0.1, 0.15) is 0 Å².